The normalized spacial score (nSPS) is 15.4. The number of aliphatic imine (C=N–C) groups is 1. The molecule has 0 bridgehead atoms. The third kappa shape index (κ3) is 7.05. The first kappa shape index (κ1) is 24.7. The highest BCUT2D eigenvalue weighted by atomic mass is 127. The molecule has 1 aromatic carbocycles. The van der Waals surface area contributed by atoms with Gasteiger partial charge in [0.25, 0.3) is 0 Å². The Hall–Kier alpha value is -1.91. The highest BCUT2D eigenvalue weighted by Gasteiger charge is 2.20. The number of thiophene rings is 1. The van der Waals surface area contributed by atoms with Gasteiger partial charge in [0.2, 0.25) is 5.89 Å². The quantitative estimate of drug-likeness (QED) is 0.239. The number of guanidine groups is 1. The fourth-order valence-corrected chi connectivity index (χ4v) is 4.42. The van der Waals surface area contributed by atoms with Crippen LogP contribution < -0.4 is 10.6 Å². The molecule has 1 aliphatic heterocycles. The first-order valence-electron chi connectivity index (χ1n) is 11.0. The summed E-state index contributed by atoms with van der Waals surface area (Å²) >= 11 is 1.77. The predicted octanol–water partition coefficient (Wildman–Crippen LogP) is 5.05. The Morgan fingerprint density at radius 3 is 2.69 bits per heavy atom. The van der Waals surface area contributed by atoms with Gasteiger partial charge in [-0.3, -0.25) is 4.90 Å². The van der Waals surface area contributed by atoms with Crippen LogP contribution >= 0.6 is 35.3 Å². The third-order valence-electron chi connectivity index (χ3n) is 5.51. The molecule has 3 aromatic rings. The number of rotatable bonds is 7. The van der Waals surface area contributed by atoms with Crippen molar-refractivity contribution >= 4 is 41.3 Å². The van der Waals surface area contributed by atoms with E-state index >= 15 is 0 Å². The molecule has 0 radical (unpaired) electrons. The van der Waals surface area contributed by atoms with E-state index in [1.807, 2.05) is 12.1 Å². The minimum atomic E-state index is 0. The molecule has 0 atom stereocenters. The smallest absolute Gasteiger partial charge is 0.226 e. The third-order valence-corrected chi connectivity index (χ3v) is 6.24. The zero-order valence-electron chi connectivity index (χ0n) is 18.7. The molecule has 2 N–H and O–H groups in total. The summed E-state index contributed by atoms with van der Waals surface area (Å²) in [6.45, 7) is 8.75. The second-order valence-electron chi connectivity index (χ2n) is 8.03. The molecule has 0 unspecified atom stereocenters. The van der Waals surface area contributed by atoms with Crippen LogP contribution in [0.2, 0.25) is 0 Å². The van der Waals surface area contributed by atoms with Gasteiger partial charge in [-0.1, -0.05) is 17.7 Å². The van der Waals surface area contributed by atoms with Gasteiger partial charge in [0.1, 0.15) is 12.0 Å². The zero-order valence-corrected chi connectivity index (χ0v) is 21.9. The maximum absolute atomic E-state index is 5.66. The molecule has 1 aliphatic rings. The Labute approximate surface area is 211 Å². The van der Waals surface area contributed by atoms with Crippen LogP contribution in [0, 0.1) is 6.92 Å². The van der Waals surface area contributed by atoms with Gasteiger partial charge in [0.05, 0.1) is 6.54 Å². The molecule has 1 saturated heterocycles. The summed E-state index contributed by atoms with van der Waals surface area (Å²) in [7, 11) is 0. The number of oxazole rings is 1. The Kier molecular flexibility index (Phi) is 9.55. The number of halogens is 1. The molecular weight excluding hydrogens is 533 g/mol. The van der Waals surface area contributed by atoms with Crippen molar-refractivity contribution in [2.24, 2.45) is 4.99 Å². The van der Waals surface area contributed by atoms with Crippen molar-refractivity contribution in [2.75, 3.05) is 19.6 Å². The highest BCUT2D eigenvalue weighted by Crippen LogP contribution is 2.19. The maximum atomic E-state index is 5.66. The molecule has 0 spiro atoms. The van der Waals surface area contributed by atoms with Gasteiger partial charge in [-0.25, -0.2) is 9.98 Å². The lowest BCUT2D eigenvalue weighted by atomic mass is 10.0. The molecule has 0 aliphatic carbocycles. The van der Waals surface area contributed by atoms with Crippen LogP contribution in [0.5, 0.6) is 0 Å². The van der Waals surface area contributed by atoms with E-state index in [9.17, 15) is 0 Å². The second kappa shape index (κ2) is 12.4. The van der Waals surface area contributed by atoms with E-state index in [2.05, 4.69) is 63.3 Å². The summed E-state index contributed by atoms with van der Waals surface area (Å²) < 4.78 is 5.66. The van der Waals surface area contributed by atoms with E-state index in [1.54, 1.807) is 17.6 Å². The number of aryl methyl sites for hydroxylation is 1. The molecule has 32 heavy (non-hydrogen) atoms. The van der Waals surface area contributed by atoms with Gasteiger partial charge in [-0.2, -0.15) is 11.3 Å². The van der Waals surface area contributed by atoms with Gasteiger partial charge in [0, 0.05) is 37.8 Å². The minimum Gasteiger partial charge on any atom is -0.444 e. The van der Waals surface area contributed by atoms with Crippen LogP contribution in [-0.4, -0.2) is 41.5 Å². The lowest BCUT2D eigenvalue weighted by molar-refractivity contribution is 0.198. The first-order chi connectivity index (χ1) is 15.2. The number of aromatic nitrogens is 1. The van der Waals surface area contributed by atoms with E-state index in [4.69, 9.17) is 9.41 Å². The fraction of sp³-hybridized carbons (Fsp3) is 0.417. The molecule has 0 amide bonds. The van der Waals surface area contributed by atoms with Crippen LogP contribution in [0.15, 0.2) is 56.8 Å². The number of hydrogen-bond acceptors (Lipinski definition) is 5. The number of piperidine rings is 1. The van der Waals surface area contributed by atoms with Crippen molar-refractivity contribution in [1.29, 1.82) is 0 Å². The van der Waals surface area contributed by atoms with Gasteiger partial charge in [-0.05, 0) is 61.2 Å². The Bertz CT molecular complexity index is 963. The standard InChI is InChI=1S/C24H31N5OS.HI/c1-3-25-24(28-21-8-11-29(12-9-21)15-19-10-13-31-17-19)26-14-22-16-30-23(27-22)20-6-4-18(2)5-7-20;/h4-7,10,13,16-17,21H,3,8-9,11-12,14-15H2,1-2H3,(H2,25,26,28);1H. The lowest BCUT2D eigenvalue weighted by Gasteiger charge is -2.32. The average Bonchev–Trinajstić information content (AvgIpc) is 3.46. The Morgan fingerprint density at radius 2 is 2.00 bits per heavy atom. The minimum absolute atomic E-state index is 0. The molecule has 1 fully saturated rings. The van der Waals surface area contributed by atoms with Crippen LogP contribution in [0.1, 0.15) is 36.6 Å². The number of likely N-dealkylation sites (tertiary alicyclic amines) is 1. The number of benzene rings is 1. The summed E-state index contributed by atoms with van der Waals surface area (Å²) in [5, 5.41) is 11.4. The zero-order chi connectivity index (χ0) is 21.5. The molecule has 4 rings (SSSR count). The summed E-state index contributed by atoms with van der Waals surface area (Å²) in [5.74, 6) is 1.49. The Balaban J connectivity index is 0.00000289. The van der Waals surface area contributed by atoms with Crippen LogP contribution in [0.25, 0.3) is 11.5 Å². The fourth-order valence-electron chi connectivity index (χ4n) is 3.76. The average molecular weight is 566 g/mol. The summed E-state index contributed by atoms with van der Waals surface area (Å²) in [6.07, 6.45) is 3.94. The van der Waals surface area contributed by atoms with E-state index in [0.717, 1.165) is 56.2 Å². The number of nitrogens with one attached hydrogen (secondary N) is 2. The maximum Gasteiger partial charge on any atom is 0.226 e. The topological polar surface area (TPSA) is 65.7 Å². The van der Waals surface area contributed by atoms with Crippen molar-refractivity contribution < 1.29 is 4.42 Å². The van der Waals surface area contributed by atoms with E-state index in [0.29, 0.717) is 18.5 Å². The van der Waals surface area contributed by atoms with Crippen molar-refractivity contribution in [1.82, 2.24) is 20.5 Å². The number of nitrogens with zero attached hydrogens (tertiary/aromatic N) is 3. The lowest BCUT2D eigenvalue weighted by Crippen LogP contribution is -2.48. The molecule has 172 valence electrons. The van der Waals surface area contributed by atoms with Gasteiger partial charge >= 0.3 is 0 Å². The summed E-state index contributed by atoms with van der Waals surface area (Å²) in [6, 6.07) is 10.9. The summed E-state index contributed by atoms with van der Waals surface area (Å²) in [4.78, 5) is 11.9. The molecule has 2 aromatic heterocycles. The molecule has 8 heteroatoms. The van der Waals surface area contributed by atoms with Crippen molar-refractivity contribution in [2.45, 2.75) is 45.8 Å². The van der Waals surface area contributed by atoms with E-state index in [1.165, 1.54) is 11.1 Å². The highest BCUT2D eigenvalue weighted by molar-refractivity contribution is 14.0. The SMILES string of the molecule is CCNC(=NCc1coc(-c2ccc(C)cc2)n1)NC1CCN(Cc2ccsc2)CC1.I. The molecule has 3 heterocycles. The van der Waals surface area contributed by atoms with Gasteiger partial charge in [-0.15, -0.1) is 24.0 Å². The van der Waals surface area contributed by atoms with Crippen molar-refractivity contribution in [3.05, 3.63) is 64.2 Å². The van der Waals surface area contributed by atoms with E-state index < -0.39 is 0 Å². The largest absolute Gasteiger partial charge is 0.444 e. The van der Waals surface area contributed by atoms with Crippen molar-refractivity contribution in [3.8, 4) is 11.5 Å². The van der Waals surface area contributed by atoms with Crippen LogP contribution in [0.3, 0.4) is 0 Å². The van der Waals surface area contributed by atoms with Crippen molar-refractivity contribution in [3.63, 3.8) is 0 Å². The van der Waals surface area contributed by atoms with Gasteiger partial charge in [0.15, 0.2) is 5.96 Å². The molecule has 6 nitrogen and oxygen atoms in total. The Morgan fingerprint density at radius 1 is 1.22 bits per heavy atom. The molecular formula is C24H32IN5OS. The predicted molar refractivity (Wildman–Crippen MR) is 143 cm³/mol. The number of hydrogen-bond donors (Lipinski definition) is 2. The summed E-state index contributed by atoms with van der Waals surface area (Å²) in [5.41, 5.74) is 4.46. The van der Waals surface area contributed by atoms with E-state index in [-0.39, 0.29) is 24.0 Å². The van der Waals surface area contributed by atoms with Crippen LogP contribution in [0.4, 0.5) is 0 Å². The van der Waals surface area contributed by atoms with Crippen LogP contribution in [-0.2, 0) is 13.1 Å². The molecule has 0 saturated carbocycles. The second-order valence-corrected chi connectivity index (χ2v) is 8.81. The monoisotopic (exact) mass is 565 g/mol. The first-order valence-corrected chi connectivity index (χ1v) is 11.9. The van der Waals surface area contributed by atoms with Gasteiger partial charge < -0.3 is 15.1 Å².